The number of rotatable bonds is 8. The summed E-state index contributed by atoms with van der Waals surface area (Å²) in [4.78, 5) is 4.33. The van der Waals surface area contributed by atoms with Gasteiger partial charge in [-0.2, -0.15) is 5.10 Å². The lowest BCUT2D eigenvalue weighted by Crippen LogP contribution is -2.36. The maximum Gasteiger partial charge on any atom is 0.138 e. The molecular weight excluding hydrogens is 216 g/mol. The average Bonchev–Trinajstić information content (AvgIpc) is 2.65. The Bertz CT molecular complexity index is 305. The fourth-order valence-corrected chi connectivity index (χ4v) is 1.84. The van der Waals surface area contributed by atoms with Crippen LogP contribution < -0.4 is 5.32 Å². The molecule has 0 aliphatic rings. The topological polar surface area (TPSA) is 52.0 Å². The minimum absolute atomic E-state index is 0.306. The maximum absolute atomic E-state index is 5.21. The lowest BCUT2D eigenvalue weighted by atomic mass is 10.2. The summed E-state index contributed by atoms with van der Waals surface area (Å²) >= 11 is 0. The molecule has 0 amide bonds. The summed E-state index contributed by atoms with van der Waals surface area (Å²) in [7, 11) is 1.73. The summed E-state index contributed by atoms with van der Waals surface area (Å²) in [6.45, 7) is 9.02. The lowest BCUT2D eigenvalue weighted by Gasteiger charge is -2.17. The first kappa shape index (κ1) is 14.1. The van der Waals surface area contributed by atoms with Crippen LogP contribution in [-0.4, -0.2) is 41.1 Å². The van der Waals surface area contributed by atoms with E-state index >= 15 is 0 Å². The van der Waals surface area contributed by atoms with Crippen LogP contribution in [0.5, 0.6) is 0 Å². The molecule has 1 rings (SSSR count). The molecule has 0 aliphatic heterocycles. The van der Waals surface area contributed by atoms with Gasteiger partial charge in [-0.1, -0.05) is 20.8 Å². The third-order valence-corrected chi connectivity index (χ3v) is 2.52. The lowest BCUT2D eigenvalue weighted by molar-refractivity contribution is 0.165. The van der Waals surface area contributed by atoms with E-state index in [0.29, 0.717) is 18.6 Å². The van der Waals surface area contributed by atoms with Gasteiger partial charge < -0.3 is 10.1 Å². The summed E-state index contributed by atoms with van der Waals surface area (Å²) in [5.41, 5.74) is 0. The van der Waals surface area contributed by atoms with Gasteiger partial charge in [0.15, 0.2) is 0 Å². The SMILES string of the molecule is CCNC(COC)Cc1ncnn1CC(C)C. The Balaban J connectivity index is 2.61. The highest BCUT2D eigenvalue weighted by molar-refractivity contribution is 4.90. The van der Waals surface area contributed by atoms with E-state index in [2.05, 4.69) is 36.2 Å². The van der Waals surface area contributed by atoms with Crippen molar-refractivity contribution in [3.05, 3.63) is 12.2 Å². The number of hydrogen-bond acceptors (Lipinski definition) is 4. The number of methoxy groups -OCH3 is 1. The summed E-state index contributed by atoms with van der Waals surface area (Å²) in [6, 6.07) is 0.306. The van der Waals surface area contributed by atoms with Gasteiger partial charge in [-0.25, -0.2) is 9.67 Å². The Kier molecular flexibility index (Phi) is 6.15. The van der Waals surface area contributed by atoms with Crippen LogP contribution in [0.3, 0.4) is 0 Å². The minimum Gasteiger partial charge on any atom is -0.383 e. The van der Waals surface area contributed by atoms with Crippen molar-refractivity contribution in [2.24, 2.45) is 5.92 Å². The summed E-state index contributed by atoms with van der Waals surface area (Å²) in [5, 5.41) is 7.66. The number of nitrogens with one attached hydrogen (secondary N) is 1. The van der Waals surface area contributed by atoms with Crippen molar-refractivity contribution in [3.8, 4) is 0 Å². The van der Waals surface area contributed by atoms with E-state index in [-0.39, 0.29) is 0 Å². The number of nitrogens with zero attached hydrogens (tertiary/aromatic N) is 3. The first-order valence-corrected chi connectivity index (χ1v) is 6.26. The van der Waals surface area contributed by atoms with Gasteiger partial charge in [0.2, 0.25) is 0 Å². The largest absolute Gasteiger partial charge is 0.383 e. The Morgan fingerprint density at radius 2 is 2.24 bits per heavy atom. The molecule has 0 aliphatic carbocycles. The molecule has 0 radical (unpaired) electrons. The molecule has 0 spiro atoms. The molecule has 1 heterocycles. The normalized spacial score (nSPS) is 13.2. The van der Waals surface area contributed by atoms with Crippen molar-refractivity contribution in [3.63, 3.8) is 0 Å². The number of likely N-dealkylation sites (N-methyl/N-ethyl adjacent to an activating group) is 1. The third kappa shape index (κ3) is 4.83. The summed E-state index contributed by atoms with van der Waals surface area (Å²) < 4.78 is 7.20. The molecule has 1 aromatic rings. The molecule has 0 saturated carbocycles. The first-order chi connectivity index (χ1) is 8.17. The summed E-state index contributed by atoms with van der Waals surface area (Å²) in [5.74, 6) is 1.61. The van der Waals surface area contributed by atoms with Crippen LogP contribution in [0, 0.1) is 5.92 Å². The molecule has 1 atom stereocenters. The molecule has 1 unspecified atom stereocenters. The molecule has 5 heteroatoms. The molecule has 0 saturated heterocycles. The van der Waals surface area contributed by atoms with Crippen molar-refractivity contribution in [1.29, 1.82) is 0 Å². The molecule has 17 heavy (non-hydrogen) atoms. The number of ether oxygens (including phenoxy) is 1. The van der Waals surface area contributed by atoms with E-state index in [4.69, 9.17) is 4.74 Å². The van der Waals surface area contributed by atoms with Gasteiger partial charge in [0.25, 0.3) is 0 Å². The predicted molar refractivity (Wildman–Crippen MR) is 67.9 cm³/mol. The van der Waals surface area contributed by atoms with Gasteiger partial charge in [0.05, 0.1) is 6.61 Å². The highest BCUT2D eigenvalue weighted by atomic mass is 16.5. The molecule has 98 valence electrons. The second-order valence-electron chi connectivity index (χ2n) is 4.67. The Labute approximate surface area is 104 Å². The fourth-order valence-electron chi connectivity index (χ4n) is 1.84. The van der Waals surface area contributed by atoms with Crippen molar-refractivity contribution in [2.45, 2.75) is 39.8 Å². The molecular formula is C12H24N4O. The molecule has 1 aromatic heterocycles. The van der Waals surface area contributed by atoms with Crippen molar-refractivity contribution >= 4 is 0 Å². The molecule has 1 N–H and O–H groups in total. The van der Waals surface area contributed by atoms with Crippen LogP contribution in [0.2, 0.25) is 0 Å². The highest BCUT2D eigenvalue weighted by Crippen LogP contribution is 2.04. The van der Waals surface area contributed by atoms with Crippen molar-refractivity contribution in [1.82, 2.24) is 20.1 Å². The zero-order chi connectivity index (χ0) is 12.7. The molecule has 0 bridgehead atoms. The van der Waals surface area contributed by atoms with E-state index in [1.54, 1.807) is 13.4 Å². The van der Waals surface area contributed by atoms with E-state index in [1.807, 2.05) is 4.68 Å². The monoisotopic (exact) mass is 240 g/mol. The standard InChI is InChI=1S/C12H24N4O/c1-5-13-11(8-17-4)6-12-14-9-15-16(12)7-10(2)3/h9-11,13H,5-8H2,1-4H3. The molecule has 0 fully saturated rings. The van der Waals surface area contributed by atoms with Gasteiger partial charge in [-0.15, -0.1) is 0 Å². The fraction of sp³-hybridized carbons (Fsp3) is 0.833. The number of hydrogen-bond donors (Lipinski definition) is 1. The van der Waals surface area contributed by atoms with Crippen LogP contribution in [-0.2, 0) is 17.7 Å². The van der Waals surface area contributed by atoms with Gasteiger partial charge in [0.1, 0.15) is 12.2 Å². The van der Waals surface area contributed by atoms with E-state index < -0.39 is 0 Å². The smallest absolute Gasteiger partial charge is 0.138 e. The van der Waals surface area contributed by atoms with Gasteiger partial charge >= 0.3 is 0 Å². The Hall–Kier alpha value is -0.940. The molecule has 5 nitrogen and oxygen atoms in total. The van der Waals surface area contributed by atoms with Crippen LogP contribution in [0.15, 0.2) is 6.33 Å². The van der Waals surface area contributed by atoms with Gasteiger partial charge in [0, 0.05) is 26.1 Å². The average molecular weight is 240 g/mol. The second-order valence-corrected chi connectivity index (χ2v) is 4.67. The third-order valence-electron chi connectivity index (χ3n) is 2.52. The zero-order valence-corrected chi connectivity index (χ0v) is 11.3. The second kappa shape index (κ2) is 7.40. The maximum atomic E-state index is 5.21. The predicted octanol–water partition coefficient (Wildman–Crippen LogP) is 1.10. The summed E-state index contributed by atoms with van der Waals surface area (Å²) in [6.07, 6.45) is 2.49. The van der Waals surface area contributed by atoms with Crippen LogP contribution >= 0.6 is 0 Å². The van der Waals surface area contributed by atoms with Gasteiger partial charge in [-0.05, 0) is 12.5 Å². The van der Waals surface area contributed by atoms with Crippen LogP contribution in [0.25, 0.3) is 0 Å². The molecule has 0 aromatic carbocycles. The highest BCUT2D eigenvalue weighted by Gasteiger charge is 2.13. The Morgan fingerprint density at radius 1 is 1.47 bits per heavy atom. The quantitative estimate of drug-likeness (QED) is 0.739. The number of aromatic nitrogens is 3. The van der Waals surface area contributed by atoms with E-state index in [0.717, 1.165) is 25.3 Å². The zero-order valence-electron chi connectivity index (χ0n) is 11.3. The minimum atomic E-state index is 0.306. The Morgan fingerprint density at radius 3 is 2.82 bits per heavy atom. The van der Waals surface area contributed by atoms with Crippen molar-refractivity contribution in [2.75, 3.05) is 20.3 Å². The van der Waals surface area contributed by atoms with E-state index in [9.17, 15) is 0 Å². The first-order valence-electron chi connectivity index (χ1n) is 6.26. The van der Waals surface area contributed by atoms with E-state index in [1.165, 1.54) is 0 Å². The van der Waals surface area contributed by atoms with Crippen molar-refractivity contribution < 1.29 is 4.74 Å². The van der Waals surface area contributed by atoms with Crippen LogP contribution in [0.4, 0.5) is 0 Å². The van der Waals surface area contributed by atoms with Crippen LogP contribution in [0.1, 0.15) is 26.6 Å². The van der Waals surface area contributed by atoms with Gasteiger partial charge in [-0.3, -0.25) is 0 Å².